The van der Waals surface area contributed by atoms with E-state index in [9.17, 15) is 0 Å². The molecule has 1 aromatic carbocycles. The molecule has 1 heterocycles. The van der Waals surface area contributed by atoms with Gasteiger partial charge in [0.25, 0.3) is 0 Å². The smallest absolute Gasteiger partial charge is 0.130 e. The molecule has 0 spiro atoms. The van der Waals surface area contributed by atoms with Crippen LogP contribution in [0.25, 0.3) is 10.9 Å². The van der Waals surface area contributed by atoms with Crippen molar-refractivity contribution < 1.29 is 4.74 Å². The van der Waals surface area contributed by atoms with Crippen molar-refractivity contribution in [3.63, 3.8) is 0 Å². The number of benzene rings is 1. The summed E-state index contributed by atoms with van der Waals surface area (Å²) >= 11 is 0. The van der Waals surface area contributed by atoms with E-state index in [1.54, 1.807) is 0 Å². The van der Waals surface area contributed by atoms with Gasteiger partial charge in [0.2, 0.25) is 0 Å². The monoisotopic (exact) mass is 270 g/mol. The molecule has 1 fully saturated rings. The van der Waals surface area contributed by atoms with E-state index < -0.39 is 0 Å². The highest BCUT2D eigenvalue weighted by Crippen LogP contribution is 2.30. The number of nitrogens with zero attached hydrogens (tertiary/aromatic N) is 1. The number of nitrogens with one attached hydrogen (secondary N) is 1. The largest absolute Gasteiger partial charge is 0.490 e. The maximum atomic E-state index is 6.14. The molecule has 0 saturated heterocycles. The molecule has 20 heavy (non-hydrogen) atoms. The molecule has 0 amide bonds. The van der Waals surface area contributed by atoms with Crippen LogP contribution >= 0.6 is 0 Å². The number of hydrogen-bond acceptors (Lipinski definition) is 3. The summed E-state index contributed by atoms with van der Waals surface area (Å²) in [6.07, 6.45) is 5.19. The van der Waals surface area contributed by atoms with Crippen molar-refractivity contribution in [2.75, 3.05) is 6.54 Å². The van der Waals surface area contributed by atoms with Gasteiger partial charge in [0.1, 0.15) is 5.75 Å². The summed E-state index contributed by atoms with van der Waals surface area (Å²) < 4.78 is 6.14. The lowest BCUT2D eigenvalue weighted by Gasteiger charge is -2.27. The van der Waals surface area contributed by atoms with Gasteiger partial charge in [0, 0.05) is 18.0 Å². The fraction of sp³-hybridized carbons (Fsp3) is 0.471. The van der Waals surface area contributed by atoms with E-state index >= 15 is 0 Å². The predicted molar refractivity (Wildman–Crippen MR) is 82.0 cm³/mol. The van der Waals surface area contributed by atoms with Gasteiger partial charge in [-0.1, -0.05) is 19.1 Å². The number of pyridine rings is 1. The molecule has 0 atom stereocenters. The quantitative estimate of drug-likeness (QED) is 0.813. The van der Waals surface area contributed by atoms with Crippen LogP contribution in [0.5, 0.6) is 5.75 Å². The van der Waals surface area contributed by atoms with Crippen molar-refractivity contribution in [3.05, 3.63) is 36.0 Å². The number of para-hydroxylation sites is 1. The highest BCUT2D eigenvalue weighted by atomic mass is 16.5. The number of aromatic nitrogens is 1. The van der Waals surface area contributed by atoms with Crippen LogP contribution in [0, 0.1) is 0 Å². The second-order valence-electron chi connectivity index (χ2n) is 5.48. The molecule has 3 nitrogen and oxygen atoms in total. The molecule has 1 aromatic heterocycles. The van der Waals surface area contributed by atoms with Gasteiger partial charge in [-0.15, -0.1) is 0 Å². The summed E-state index contributed by atoms with van der Waals surface area (Å²) in [5.41, 5.74) is 2.09. The third kappa shape index (κ3) is 2.93. The van der Waals surface area contributed by atoms with E-state index in [1.165, 1.54) is 19.3 Å². The molecule has 1 saturated carbocycles. The lowest BCUT2D eigenvalue weighted by atomic mass is 9.96. The van der Waals surface area contributed by atoms with E-state index in [0.29, 0.717) is 6.10 Å². The molecule has 3 rings (SSSR count). The van der Waals surface area contributed by atoms with Gasteiger partial charge in [-0.05, 0) is 44.4 Å². The van der Waals surface area contributed by atoms with Crippen molar-refractivity contribution >= 4 is 10.9 Å². The summed E-state index contributed by atoms with van der Waals surface area (Å²) in [4.78, 5) is 4.72. The van der Waals surface area contributed by atoms with E-state index in [4.69, 9.17) is 9.72 Å². The minimum Gasteiger partial charge on any atom is -0.490 e. The summed E-state index contributed by atoms with van der Waals surface area (Å²) in [6, 6.07) is 10.3. The molecule has 3 heteroatoms. The molecule has 1 aliphatic carbocycles. The first-order valence-electron chi connectivity index (χ1n) is 7.63. The maximum Gasteiger partial charge on any atom is 0.130 e. The molecule has 2 aromatic rings. The van der Waals surface area contributed by atoms with Gasteiger partial charge in [-0.3, -0.25) is 4.98 Å². The van der Waals surface area contributed by atoms with Crippen LogP contribution < -0.4 is 10.1 Å². The fourth-order valence-electron chi connectivity index (χ4n) is 2.45. The zero-order valence-corrected chi connectivity index (χ0v) is 12.1. The van der Waals surface area contributed by atoms with Crippen molar-refractivity contribution in [1.29, 1.82) is 0 Å². The Morgan fingerprint density at radius 2 is 2.15 bits per heavy atom. The van der Waals surface area contributed by atoms with Crippen LogP contribution in [0.2, 0.25) is 0 Å². The molecule has 0 radical (unpaired) electrons. The minimum atomic E-state index is 0.400. The molecular formula is C17H22N2O. The number of hydrogen-bond donors (Lipinski definition) is 1. The normalized spacial score (nSPS) is 15.2. The van der Waals surface area contributed by atoms with Gasteiger partial charge in [0.15, 0.2) is 0 Å². The number of ether oxygens (including phenoxy) is 1. The second kappa shape index (κ2) is 6.23. The summed E-state index contributed by atoms with van der Waals surface area (Å²) in [6.45, 7) is 4.00. The SMILES string of the molecule is CCCNCc1cc(OC2CCC2)c2ccccc2n1. The van der Waals surface area contributed by atoms with Crippen molar-refractivity contribution in [2.45, 2.75) is 45.3 Å². The first kappa shape index (κ1) is 13.4. The van der Waals surface area contributed by atoms with Crippen molar-refractivity contribution in [1.82, 2.24) is 10.3 Å². The fourth-order valence-corrected chi connectivity index (χ4v) is 2.45. The zero-order chi connectivity index (χ0) is 13.8. The Hall–Kier alpha value is -1.61. The Balaban J connectivity index is 1.87. The van der Waals surface area contributed by atoms with Gasteiger partial charge in [-0.25, -0.2) is 0 Å². The predicted octanol–water partition coefficient (Wildman–Crippen LogP) is 3.67. The molecule has 1 aliphatic rings. The molecule has 0 bridgehead atoms. The molecular weight excluding hydrogens is 248 g/mol. The molecule has 0 aliphatic heterocycles. The summed E-state index contributed by atoms with van der Waals surface area (Å²) in [7, 11) is 0. The standard InChI is InChI=1S/C17H22N2O/c1-2-10-18-12-13-11-17(20-14-6-5-7-14)15-8-3-4-9-16(15)19-13/h3-4,8-9,11,14,18H,2,5-7,10,12H2,1H3. The van der Waals surface area contributed by atoms with Gasteiger partial charge >= 0.3 is 0 Å². The topological polar surface area (TPSA) is 34.1 Å². The Bertz CT molecular complexity index is 578. The van der Waals surface area contributed by atoms with Crippen LogP contribution in [0.15, 0.2) is 30.3 Å². The third-order valence-corrected chi connectivity index (χ3v) is 3.81. The number of fused-ring (bicyclic) bond motifs is 1. The first-order chi connectivity index (χ1) is 9.86. The zero-order valence-electron chi connectivity index (χ0n) is 12.1. The van der Waals surface area contributed by atoms with Crippen LogP contribution in [-0.2, 0) is 6.54 Å². The lowest BCUT2D eigenvalue weighted by molar-refractivity contribution is 0.122. The van der Waals surface area contributed by atoms with Crippen LogP contribution in [0.3, 0.4) is 0 Å². The Labute approximate surface area is 120 Å². The van der Waals surface area contributed by atoms with Crippen LogP contribution in [-0.4, -0.2) is 17.6 Å². The maximum absolute atomic E-state index is 6.14. The highest BCUT2D eigenvalue weighted by molar-refractivity contribution is 5.85. The van der Waals surface area contributed by atoms with Gasteiger partial charge in [0.05, 0.1) is 17.3 Å². The molecule has 1 N–H and O–H groups in total. The third-order valence-electron chi connectivity index (χ3n) is 3.81. The van der Waals surface area contributed by atoms with Crippen molar-refractivity contribution in [2.24, 2.45) is 0 Å². The Morgan fingerprint density at radius 3 is 2.90 bits per heavy atom. The van der Waals surface area contributed by atoms with Crippen LogP contribution in [0.1, 0.15) is 38.3 Å². The summed E-state index contributed by atoms with van der Waals surface area (Å²) in [5, 5.41) is 4.53. The number of rotatable bonds is 6. The van der Waals surface area contributed by atoms with E-state index in [2.05, 4.69) is 30.4 Å². The Morgan fingerprint density at radius 1 is 1.30 bits per heavy atom. The second-order valence-corrected chi connectivity index (χ2v) is 5.48. The minimum absolute atomic E-state index is 0.400. The lowest BCUT2D eigenvalue weighted by Crippen LogP contribution is -2.25. The van der Waals surface area contributed by atoms with E-state index in [1.807, 2.05) is 12.1 Å². The Kier molecular flexibility index (Phi) is 4.16. The molecule has 0 unspecified atom stereocenters. The van der Waals surface area contributed by atoms with Crippen molar-refractivity contribution in [3.8, 4) is 5.75 Å². The van der Waals surface area contributed by atoms with Gasteiger partial charge in [-0.2, -0.15) is 0 Å². The van der Waals surface area contributed by atoms with E-state index in [-0.39, 0.29) is 0 Å². The first-order valence-corrected chi connectivity index (χ1v) is 7.63. The van der Waals surface area contributed by atoms with Gasteiger partial charge < -0.3 is 10.1 Å². The average molecular weight is 270 g/mol. The van der Waals surface area contributed by atoms with E-state index in [0.717, 1.165) is 41.9 Å². The highest BCUT2D eigenvalue weighted by Gasteiger charge is 2.20. The molecule has 106 valence electrons. The summed E-state index contributed by atoms with van der Waals surface area (Å²) in [5.74, 6) is 0.994. The average Bonchev–Trinajstić information content (AvgIpc) is 2.43. The van der Waals surface area contributed by atoms with Crippen LogP contribution in [0.4, 0.5) is 0 Å².